The van der Waals surface area contributed by atoms with Gasteiger partial charge in [0, 0.05) is 6.20 Å². The third kappa shape index (κ3) is 2.99. The van der Waals surface area contributed by atoms with E-state index in [-0.39, 0.29) is 35.1 Å². The first-order chi connectivity index (χ1) is 6.77. The summed E-state index contributed by atoms with van der Waals surface area (Å²) in [6, 6.07) is 3.08. The summed E-state index contributed by atoms with van der Waals surface area (Å²) in [5.74, 6) is -0.989. The summed E-state index contributed by atoms with van der Waals surface area (Å²) in [4.78, 5) is 14.5. The van der Waals surface area contributed by atoms with Crippen molar-refractivity contribution in [2.75, 3.05) is 13.2 Å². The fourth-order valence-corrected chi connectivity index (χ4v) is 1.20. The number of ether oxygens (including phenoxy) is 2. The van der Waals surface area contributed by atoms with Gasteiger partial charge in [0.1, 0.15) is 0 Å². The number of rotatable bonds is 2. The number of carboxylic acid groups (broad SMARTS) is 1. The van der Waals surface area contributed by atoms with E-state index >= 15 is 0 Å². The van der Waals surface area contributed by atoms with Crippen LogP contribution in [0.15, 0.2) is 18.3 Å². The second-order valence-corrected chi connectivity index (χ2v) is 2.85. The van der Waals surface area contributed by atoms with E-state index in [9.17, 15) is 4.79 Å². The minimum atomic E-state index is -0.989. The van der Waals surface area contributed by atoms with Crippen LogP contribution in [0.1, 0.15) is 22.3 Å². The monoisotopic (exact) mass is 219 g/mol. The quantitative estimate of drug-likeness (QED) is 0.718. The topological polar surface area (TPSA) is 68.7 Å². The third-order valence-corrected chi connectivity index (χ3v) is 1.90. The average Bonchev–Trinajstić information content (AvgIpc) is 2.71. The molecule has 15 heavy (non-hydrogen) atoms. The minimum absolute atomic E-state index is 0. The van der Waals surface area contributed by atoms with E-state index in [1.165, 1.54) is 12.3 Å². The Morgan fingerprint density at radius 1 is 1.40 bits per heavy atom. The molecule has 0 atom stereocenters. The molecule has 1 aromatic rings. The number of hydrogen-bond acceptors (Lipinski definition) is 4. The van der Waals surface area contributed by atoms with Gasteiger partial charge in [-0.15, -0.1) is 0 Å². The van der Waals surface area contributed by atoms with Gasteiger partial charge in [-0.2, -0.15) is 0 Å². The van der Waals surface area contributed by atoms with E-state index in [2.05, 4.69) is 4.98 Å². The summed E-state index contributed by atoms with van der Waals surface area (Å²) >= 11 is 0. The van der Waals surface area contributed by atoms with Crippen LogP contribution in [0.25, 0.3) is 0 Å². The van der Waals surface area contributed by atoms with Crippen molar-refractivity contribution in [3.63, 3.8) is 0 Å². The van der Waals surface area contributed by atoms with Crippen molar-refractivity contribution in [1.29, 1.82) is 0 Å². The average molecular weight is 219 g/mol. The van der Waals surface area contributed by atoms with E-state index < -0.39 is 12.3 Å². The molecule has 6 heteroatoms. The van der Waals surface area contributed by atoms with Crippen molar-refractivity contribution in [3.05, 3.63) is 29.6 Å². The van der Waals surface area contributed by atoms with Gasteiger partial charge >= 0.3 is 35.5 Å². The third-order valence-electron chi connectivity index (χ3n) is 1.90. The molecule has 1 saturated heterocycles. The predicted molar refractivity (Wildman–Crippen MR) is 53.0 cm³/mol. The number of aromatic nitrogens is 1. The first-order valence-electron chi connectivity index (χ1n) is 4.20. The van der Waals surface area contributed by atoms with E-state index in [1.54, 1.807) is 6.07 Å². The van der Waals surface area contributed by atoms with Crippen LogP contribution in [0.3, 0.4) is 0 Å². The Hall–Kier alpha value is -0.460. The molecule has 0 unspecified atom stereocenters. The maximum atomic E-state index is 10.5. The molecule has 0 aliphatic carbocycles. The number of hydrogen-bond donors (Lipinski definition) is 1. The molecule has 0 bridgehead atoms. The molecular formula is C9H10NNaO4. The van der Waals surface area contributed by atoms with Crippen LogP contribution in [0.5, 0.6) is 0 Å². The summed E-state index contributed by atoms with van der Waals surface area (Å²) in [5, 5.41) is 8.64. The van der Waals surface area contributed by atoms with Crippen LogP contribution in [-0.4, -0.2) is 58.8 Å². The predicted octanol–water partition coefficient (Wildman–Crippen LogP) is 0.177. The first kappa shape index (κ1) is 12.6. The van der Waals surface area contributed by atoms with E-state index in [0.29, 0.717) is 18.9 Å². The molecule has 0 aromatic carbocycles. The second-order valence-electron chi connectivity index (χ2n) is 2.85. The SMILES string of the molecule is O=C(O)c1ccc(C2OCCO2)nc1.[NaH]. The van der Waals surface area contributed by atoms with Gasteiger partial charge in [-0.1, -0.05) is 0 Å². The van der Waals surface area contributed by atoms with Gasteiger partial charge in [-0.25, -0.2) is 4.79 Å². The number of pyridine rings is 1. The molecule has 2 rings (SSSR count). The van der Waals surface area contributed by atoms with Crippen molar-refractivity contribution in [2.45, 2.75) is 6.29 Å². The van der Waals surface area contributed by atoms with Crippen LogP contribution < -0.4 is 0 Å². The van der Waals surface area contributed by atoms with Gasteiger partial charge in [0.15, 0.2) is 0 Å². The fourth-order valence-electron chi connectivity index (χ4n) is 1.20. The van der Waals surface area contributed by atoms with Crippen LogP contribution in [-0.2, 0) is 9.47 Å². The molecule has 76 valence electrons. The normalized spacial score (nSPS) is 16.0. The van der Waals surface area contributed by atoms with Crippen molar-refractivity contribution >= 4 is 35.5 Å². The van der Waals surface area contributed by atoms with Crippen molar-refractivity contribution in [2.24, 2.45) is 0 Å². The maximum absolute atomic E-state index is 10.5. The number of nitrogens with zero attached hydrogens (tertiary/aromatic N) is 1. The Kier molecular flexibility index (Phi) is 4.69. The fraction of sp³-hybridized carbons (Fsp3) is 0.333. The van der Waals surface area contributed by atoms with Crippen molar-refractivity contribution in [1.82, 2.24) is 4.98 Å². The molecule has 0 saturated carbocycles. The molecule has 1 fully saturated rings. The molecular weight excluding hydrogens is 209 g/mol. The second kappa shape index (κ2) is 5.58. The van der Waals surface area contributed by atoms with Gasteiger partial charge in [0.25, 0.3) is 0 Å². The summed E-state index contributed by atoms with van der Waals surface area (Å²) in [5.41, 5.74) is 0.763. The summed E-state index contributed by atoms with van der Waals surface area (Å²) in [6.07, 6.45) is 0.848. The first-order valence-corrected chi connectivity index (χ1v) is 4.20. The molecule has 0 amide bonds. The Morgan fingerprint density at radius 3 is 2.53 bits per heavy atom. The summed E-state index contributed by atoms with van der Waals surface area (Å²) in [7, 11) is 0. The zero-order valence-corrected chi connectivity index (χ0v) is 7.34. The van der Waals surface area contributed by atoms with E-state index in [0.717, 1.165) is 0 Å². The zero-order valence-electron chi connectivity index (χ0n) is 7.34. The van der Waals surface area contributed by atoms with Gasteiger partial charge in [0.2, 0.25) is 6.29 Å². The summed E-state index contributed by atoms with van der Waals surface area (Å²) < 4.78 is 10.4. The van der Waals surface area contributed by atoms with E-state index in [1.807, 2.05) is 0 Å². The standard InChI is InChI=1S/C9H9NO4.Na.H/c11-8(12)6-1-2-7(10-5-6)9-13-3-4-14-9;;/h1-2,5,9H,3-4H2,(H,11,12);;. The molecule has 5 nitrogen and oxygen atoms in total. The van der Waals surface area contributed by atoms with Crippen molar-refractivity contribution < 1.29 is 19.4 Å². The molecule has 2 heterocycles. The van der Waals surface area contributed by atoms with Crippen molar-refractivity contribution in [3.8, 4) is 0 Å². The summed E-state index contributed by atoms with van der Waals surface area (Å²) in [6.45, 7) is 1.10. The zero-order chi connectivity index (χ0) is 9.97. The van der Waals surface area contributed by atoms with Gasteiger partial charge in [-0.3, -0.25) is 4.98 Å². The molecule has 1 N–H and O–H groups in total. The van der Waals surface area contributed by atoms with Gasteiger partial charge in [-0.05, 0) is 12.1 Å². The Labute approximate surface area is 109 Å². The van der Waals surface area contributed by atoms with Crippen LogP contribution in [0, 0.1) is 0 Å². The Bertz CT molecular complexity index is 334. The molecule has 1 aromatic heterocycles. The molecule has 0 spiro atoms. The molecule has 1 aliphatic rings. The number of aromatic carboxylic acids is 1. The Morgan fingerprint density at radius 2 is 2.07 bits per heavy atom. The van der Waals surface area contributed by atoms with E-state index in [4.69, 9.17) is 14.6 Å². The van der Waals surface area contributed by atoms with Crippen LogP contribution >= 0.6 is 0 Å². The van der Waals surface area contributed by atoms with Crippen LogP contribution in [0.2, 0.25) is 0 Å². The molecule has 1 aliphatic heterocycles. The molecule has 0 radical (unpaired) electrons. The van der Waals surface area contributed by atoms with Gasteiger partial charge in [0.05, 0.1) is 24.5 Å². The number of carbonyl (C=O) groups is 1. The Balaban J connectivity index is 0.00000112. The van der Waals surface area contributed by atoms with Crippen LogP contribution in [0.4, 0.5) is 0 Å². The number of carboxylic acids is 1. The van der Waals surface area contributed by atoms with Gasteiger partial charge < -0.3 is 14.6 Å².